The number of anilines is 2. The number of ketones is 1. The van der Waals surface area contributed by atoms with Gasteiger partial charge in [0.25, 0.3) is 0 Å². The van der Waals surface area contributed by atoms with Crippen LogP contribution in [-0.4, -0.2) is 51.7 Å². The van der Waals surface area contributed by atoms with E-state index in [9.17, 15) is 4.79 Å². The maximum atomic E-state index is 11.5. The minimum atomic E-state index is 0.100. The van der Waals surface area contributed by atoms with Gasteiger partial charge >= 0.3 is 0 Å². The molecule has 0 bridgehead atoms. The molecule has 0 radical (unpaired) electrons. The first-order valence-corrected chi connectivity index (χ1v) is 9.86. The van der Waals surface area contributed by atoms with Crippen molar-refractivity contribution in [1.82, 2.24) is 19.7 Å². The first kappa shape index (κ1) is 18.4. The Morgan fingerprint density at radius 2 is 1.71 bits per heavy atom. The van der Waals surface area contributed by atoms with Crippen LogP contribution in [0.1, 0.15) is 36.5 Å². The van der Waals surface area contributed by atoms with Crippen LogP contribution in [0.4, 0.5) is 11.5 Å². The number of aromatic nitrogens is 4. The topological polar surface area (TPSA) is 67.2 Å². The van der Waals surface area contributed by atoms with E-state index in [1.165, 1.54) is 0 Å². The quantitative estimate of drug-likeness (QED) is 0.636. The molecule has 0 unspecified atom stereocenters. The van der Waals surface area contributed by atoms with E-state index in [2.05, 4.69) is 26.8 Å². The fourth-order valence-electron chi connectivity index (χ4n) is 3.71. The summed E-state index contributed by atoms with van der Waals surface area (Å²) in [7, 11) is 1.93. The molecule has 0 amide bonds. The summed E-state index contributed by atoms with van der Waals surface area (Å²) in [5, 5.41) is 5.40. The zero-order chi connectivity index (χ0) is 19.7. The number of aryl methyl sites for hydroxylation is 2. The molecule has 7 nitrogen and oxygen atoms in total. The highest BCUT2D eigenvalue weighted by atomic mass is 16.1. The molecule has 1 fully saturated rings. The van der Waals surface area contributed by atoms with Crippen molar-refractivity contribution in [2.24, 2.45) is 7.05 Å². The Labute approximate surface area is 165 Å². The molecule has 7 heteroatoms. The van der Waals surface area contributed by atoms with Crippen molar-refractivity contribution in [2.75, 3.05) is 36.0 Å². The van der Waals surface area contributed by atoms with Gasteiger partial charge in [-0.1, -0.05) is 6.92 Å². The van der Waals surface area contributed by atoms with E-state index < -0.39 is 0 Å². The lowest BCUT2D eigenvalue weighted by Crippen LogP contribution is -2.47. The molecule has 146 valence electrons. The summed E-state index contributed by atoms with van der Waals surface area (Å²) in [5.74, 6) is 1.98. The highest BCUT2D eigenvalue weighted by Gasteiger charge is 2.22. The number of piperazine rings is 1. The highest BCUT2D eigenvalue weighted by Crippen LogP contribution is 2.26. The fourth-order valence-corrected chi connectivity index (χ4v) is 3.71. The monoisotopic (exact) mass is 378 g/mol. The molecular weight excluding hydrogens is 352 g/mol. The molecule has 0 N–H and O–H groups in total. The van der Waals surface area contributed by atoms with Gasteiger partial charge in [-0.05, 0) is 37.6 Å². The third-order valence-corrected chi connectivity index (χ3v) is 5.31. The standard InChI is InChI=1S/C21H26N6O/c1-4-5-19-23-20-18(14-22-25(20)3)21(24-19)27-12-10-26(11-13-27)17-8-6-16(7-9-17)15(2)28/h6-9,14H,4-5,10-13H2,1-3H3. The average Bonchev–Trinajstić information content (AvgIpc) is 3.09. The number of fused-ring (bicyclic) bond motifs is 1. The molecule has 4 rings (SSSR count). The van der Waals surface area contributed by atoms with Crippen LogP contribution < -0.4 is 9.80 Å². The van der Waals surface area contributed by atoms with Gasteiger partial charge in [0.1, 0.15) is 11.6 Å². The second-order valence-electron chi connectivity index (χ2n) is 7.30. The summed E-state index contributed by atoms with van der Waals surface area (Å²) in [6, 6.07) is 7.89. The smallest absolute Gasteiger partial charge is 0.163 e. The Morgan fingerprint density at radius 3 is 2.36 bits per heavy atom. The number of nitrogens with zero attached hydrogens (tertiary/aromatic N) is 6. The maximum Gasteiger partial charge on any atom is 0.163 e. The minimum absolute atomic E-state index is 0.100. The van der Waals surface area contributed by atoms with E-state index in [0.29, 0.717) is 0 Å². The molecule has 28 heavy (non-hydrogen) atoms. The van der Waals surface area contributed by atoms with E-state index >= 15 is 0 Å². The Kier molecular flexibility index (Phi) is 4.98. The van der Waals surface area contributed by atoms with Gasteiger partial charge in [0.05, 0.1) is 11.6 Å². The van der Waals surface area contributed by atoms with Crippen molar-refractivity contribution in [3.63, 3.8) is 0 Å². The first-order chi connectivity index (χ1) is 13.6. The molecule has 1 aromatic carbocycles. The molecular formula is C21H26N6O. The van der Waals surface area contributed by atoms with Crippen LogP contribution in [0, 0.1) is 0 Å². The van der Waals surface area contributed by atoms with Gasteiger partial charge in [-0.15, -0.1) is 0 Å². The number of hydrogen-bond acceptors (Lipinski definition) is 6. The molecule has 1 aliphatic heterocycles. The van der Waals surface area contributed by atoms with Gasteiger partial charge in [-0.25, -0.2) is 9.97 Å². The largest absolute Gasteiger partial charge is 0.368 e. The summed E-state index contributed by atoms with van der Waals surface area (Å²) in [6.07, 6.45) is 3.76. The molecule has 0 spiro atoms. The van der Waals surface area contributed by atoms with Crippen molar-refractivity contribution < 1.29 is 4.79 Å². The van der Waals surface area contributed by atoms with Crippen LogP contribution >= 0.6 is 0 Å². The van der Waals surface area contributed by atoms with Gasteiger partial charge in [0.2, 0.25) is 0 Å². The highest BCUT2D eigenvalue weighted by molar-refractivity contribution is 5.94. The SMILES string of the molecule is CCCc1nc(N2CCN(c3ccc(C(C)=O)cc3)CC2)c2cnn(C)c2n1. The lowest BCUT2D eigenvalue weighted by molar-refractivity contribution is 0.101. The molecule has 0 atom stereocenters. The van der Waals surface area contributed by atoms with E-state index in [1.807, 2.05) is 42.2 Å². The van der Waals surface area contributed by atoms with E-state index in [-0.39, 0.29) is 5.78 Å². The third kappa shape index (κ3) is 3.44. The predicted octanol–water partition coefficient (Wildman–Crippen LogP) is 2.85. The van der Waals surface area contributed by atoms with Crippen molar-refractivity contribution >= 4 is 28.3 Å². The Morgan fingerprint density at radius 1 is 1.04 bits per heavy atom. The van der Waals surface area contributed by atoms with Crippen molar-refractivity contribution in [3.05, 3.63) is 41.9 Å². The molecule has 3 heterocycles. The lowest BCUT2D eigenvalue weighted by Gasteiger charge is -2.37. The van der Waals surface area contributed by atoms with Gasteiger partial charge in [0, 0.05) is 50.9 Å². The maximum absolute atomic E-state index is 11.5. The molecule has 3 aromatic rings. The first-order valence-electron chi connectivity index (χ1n) is 9.86. The third-order valence-electron chi connectivity index (χ3n) is 5.31. The van der Waals surface area contributed by atoms with E-state index in [1.54, 1.807) is 6.92 Å². The van der Waals surface area contributed by atoms with Gasteiger partial charge in [-0.3, -0.25) is 9.48 Å². The van der Waals surface area contributed by atoms with Crippen LogP contribution in [0.3, 0.4) is 0 Å². The van der Waals surface area contributed by atoms with E-state index in [4.69, 9.17) is 4.98 Å². The number of rotatable bonds is 5. The number of Topliss-reactive ketones (excluding diaryl/α,β-unsaturated/α-hetero) is 1. The molecule has 2 aromatic heterocycles. The molecule has 1 aliphatic rings. The van der Waals surface area contributed by atoms with Crippen molar-refractivity contribution in [1.29, 1.82) is 0 Å². The summed E-state index contributed by atoms with van der Waals surface area (Å²) < 4.78 is 1.83. The average molecular weight is 378 g/mol. The van der Waals surface area contributed by atoms with Crippen molar-refractivity contribution in [3.8, 4) is 0 Å². The second-order valence-corrected chi connectivity index (χ2v) is 7.30. The van der Waals surface area contributed by atoms with Crippen LogP contribution in [0.5, 0.6) is 0 Å². The number of hydrogen-bond donors (Lipinski definition) is 0. The number of carbonyl (C=O) groups excluding carboxylic acids is 1. The second kappa shape index (κ2) is 7.58. The van der Waals surface area contributed by atoms with Gasteiger partial charge in [0.15, 0.2) is 11.4 Å². The van der Waals surface area contributed by atoms with Crippen LogP contribution in [0.2, 0.25) is 0 Å². The van der Waals surface area contributed by atoms with E-state index in [0.717, 1.165) is 72.9 Å². The number of carbonyl (C=O) groups is 1. The predicted molar refractivity (Wildman–Crippen MR) is 111 cm³/mol. The summed E-state index contributed by atoms with van der Waals surface area (Å²) in [6.45, 7) is 7.35. The Bertz CT molecular complexity index is 986. The molecule has 0 saturated carbocycles. The Balaban J connectivity index is 1.54. The lowest BCUT2D eigenvalue weighted by atomic mass is 10.1. The molecule has 1 saturated heterocycles. The fraction of sp³-hybridized carbons (Fsp3) is 0.429. The Hall–Kier alpha value is -2.96. The summed E-state index contributed by atoms with van der Waals surface area (Å²) in [5.41, 5.74) is 2.81. The summed E-state index contributed by atoms with van der Waals surface area (Å²) >= 11 is 0. The van der Waals surface area contributed by atoms with Gasteiger partial charge in [-0.2, -0.15) is 5.10 Å². The normalized spacial score (nSPS) is 14.7. The van der Waals surface area contributed by atoms with Crippen LogP contribution in [-0.2, 0) is 13.5 Å². The van der Waals surface area contributed by atoms with Crippen LogP contribution in [0.15, 0.2) is 30.5 Å². The minimum Gasteiger partial charge on any atom is -0.368 e. The number of benzene rings is 1. The summed E-state index contributed by atoms with van der Waals surface area (Å²) in [4.78, 5) is 25.7. The van der Waals surface area contributed by atoms with Gasteiger partial charge < -0.3 is 9.80 Å². The zero-order valence-corrected chi connectivity index (χ0v) is 16.7. The zero-order valence-electron chi connectivity index (χ0n) is 16.7. The molecule has 0 aliphatic carbocycles. The van der Waals surface area contributed by atoms with Crippen molar-refractivity contribution in [2.45, 2.75) is 26.7 Å². The van der Waals surface area contributed by atoms with Crippen LogP contribution in [0.25, 0.3) is 11.0 Å².